The van der Waals surface area contributed by atoms with Gasteiger partial charge in [0.25, 0.3) is 0 Å². The van der Waals surface area contributed by atoms with Gasteiger partial charge in [-0.15, -0.1) is 0 Å². The van der Waals surface area contributed by atoms with Crippen molar-refractivity contribution in [1.82, 2.24) is 0 Å². The largest absolute Gasteiger partial charge is 0.462 e. The van der Waals surface area contributed by atoms with E-state index in [1.54, 1.807) is 0 Å². The number of rotatable bonds is 56. The molecular formula is C75H116O6. The van der Waals surface area contributed by atoms with Gasteiger partial charge in [-0.2, -0.15) is 0 Å². The first-order chi connectivity index (χ1) is 40.0. The predicted octanol–water partition coefficient (Wildman–Crippen LogP) is 22.4. The van der Waals surface area contributed by atoms with Crippen molar-refractivity contribution in [1.29, 1.82) is 0 Å². The van der Waals surface area contributed by atoms with Crippen LogP contribution in [0.15, 0.2) is 182 Å². The van der Waals surface area contributed by atoms with Crippen LogP contribution >= 0.6 is 0 Å². The molecule has 0 aliphatic heterocycles. The number of carbonyl (C=O) groups excluding carboxylic acids is 3. The average molecular weight is 1110 g/mol. The normalized spacial score (nSPS) is 13.4. The van der Waals surface area contributed by atoms with Crippen LogP contribution in [-0.2, 0) is 28.6 Å². The number of esters is 3. The molecular weight excluding hydrogens is 997 g/mol. The second-order valence-electron chi connectivity index (χ2n) is 20.5. The molecule has 0 saturated heterocycles. The molecule has 81 heavy (non-hydrogen) atoms. The molecule has 0 amide bonds. The van der Waals surface area contributed by atoms with E-state index in [4.69, 9.17) is 14.2 Å². The van der Waals surface area contributed by atoms with Crippen LogP contribution in [0.1, 0.15) is 252 Å². The van der Waals surface area contributed by atoms with Crippen molar-refractivity contribution in [2.24, 2.45) is 0 Å². The summed E-state index contributed by atoms with van der Waals surface area (Å²) in [7, 11) is 0. The van der Waals surface area contributed by atoms with E-state index in [0.717, 1.165) is 161 Å². The van der Waals surface area contributed by atoms with Crippen molar-refractivity contribution < 1.29 is 28.6 Å². The fraction of sp³-hybridized carbons (Fsp3) is 0.560. The molecule has 0 radical (unpaired) electrons. The maximum Gasteiger partial charge on any atom is 0.306 e. The summed E-state index contributed by atoms with van der Waals surface area (Å²) in [5.41, 5.74) is 0. The molecule has 0 heterocycles. The lowest BCUT2D eigenvalue weighted by molar-refractivity contribution is -0.167. The number of hydrogen-bond donors (Lipinski definition) is 0. The van der Waals surface area contributed by atoms with Crippen molar-refractivity contribution in [2.75, 3.05) is 13.2 Å². The SMILES string of the molecule is CC/C=C\C/C=C\C/C=C\C/C=C\C/C=C\C/C=C\C/C=C\CCCCCCCCCC(=O)OCC(COC(=O)CCCCCCC/C=C\CCCC)OC(=O)CCC/C=C\C/C=C\C/C=C\C/C=C\C/C=C\C/C=C\C/C=C\CC. The number of ether oxygens (including phenoxy) is 3. The van der Waals surface area contributed by atoms with E-state index in [2.05, 4.69) is 203 Å². The van der Waals surface area contributed by atoms with Gasteiger partial charge in [-0.3, -0.25) is 14.4 Å². The van der Waals surface area contributed by atoms with Crippen LogP contribution in [0.25, 0.3) is 0 Å². The highest BCUT2D eigenvalue weighted by Crippen LogP contribution is 2.13. The summed E-state index contributed by atoms with van der Waals surface area (Å²) < 4.78 is 16.8. The number of carbonyl (C=O) groups is 3. The second-order valence-corrected chi connectivity index (χ2v) is 20.5. The van der Waals surface area contributed by atoms with Gasteiger partial charge in [0.05, 0.1) is 0 Å². The summed E-state index contributed by atoms with van der Waals surface area (Å²) >= 11 is 0. The Labute approximate surface area is 497 Å². The van der Waals surface area contributed by atoms with Crippen LogP contribution in [0.2, 0.25) is 0 Å². The Bertz CT molecular complexity index is 1900. The molecule has 0 spiro atoms. The maximum atomic E-state index is 12.9. The Morgan fingerprint density at radius 2 is 0.494 bits per heavy atom. The quantitative estimate of drug-likeness (QED) is 0.0261. The van der Waals surface area contributed by atoms with Crippen molar-refractivity contribution in [3.63, 3.8) is 0 Å². The number of allylic oxidation sites excluding steroid dienone is 30. The molecule has 6 nitrogen and oxygen atoms in total. The first-order valence-corrected chi connectivity index (χ1v) is 32.3. The van der Waals surface area contributed by atoms with Gasteiger partial charge in [0.15, 0.2) is 6.10 Å². The lowest BCUT2D eigenvalue weighted by Gasteiger charge is -2.18. The molecule has 0 aromatic heterocycles. The summed E-state index contributed by atoms with van der Waals surface area (Å²) in [6.45, 7) is 6.30. The van der Waals surface area contributed by atoms with Gasteiger partial charge in [-0.25, -0.2) is 0 Å². The molecule has 0 bridgehead atoms. The Hall–Kier alpha value is -5.49. The summed E-state index contributed by atoms with van der Waals surface area (Å²) in [4.78, 5) is 38.3. The molecule has 0 fully saturated rings. The third-order valence-corrected chi connectivity index (χ3v) is 12.9. The zero-order valence-electron chi connectivity index (χ0n) is 51.7. The van der Waals surface area contributed by atoms with Crippen molar-refractivity contribution in [3.05, 3.63) is 182 Å². The summed E-state index contributed by atoms with van der Waals surface area (Å²) in [5.74, 6) is -1.01. The highest BCUT2D eigenvalue weighted by atomic mass is 16.6. The van der Waals surface area contributed by atoms with E-state index >= 15 is 0 Å². The Kier molecular flexibility index (Phi) is 62.5. The van der Waals surface area contributed by atoms with Gasteiger partial charge in [-0.05, 0) is 148 Å². The molecule has 0 aliphatic carbocycles. The van der Waals surface area contributed by atoms with E-state index in [1.807, 2.05) is 0 Å². The molecule has 1 unspecified atom stereocenters. The minimum Gasteiger partial charge on any atom is -0.462 e. The van der Waals surface area contributed by atoms with E-state index < -0.39 is 6.10 Å². The summed E-state index contributed by atoms with van der Waals surface area (Å²) in [5, 5.41) is 0. The third-order valence-electron chi connectivity index (χ3n) is 12.9. The Balaban J connectivity index is 4.44. The molecule has 0 aromatic rings. The highest BCUT2D eigenvalue weighted by molar-refractivity contribution is 5.71. The average Bonchev–Trinajstić information content (AvgIpc) is 3.47. The topological polar surface area (TPSA) is 78.9 Å². The smallest absolute Gasteiger partial charge is 0.306 e. The first kappa shape index (κ1) is 75.5. The second kappa shape index (κ2) is 67.0. The molecule has 0 N–H and O–H groups in total. The molecule has 0 aliphatic rings. The zero-order valence-corrected chi connectivity index (χ0v) is 51.7. The van der Waals surface area contributed by atoms with Gasteiger partial charge < -0.3 is 14.2 Å². The van der Waals surface area contributed by atoms with Gasteiger partial charge >= 0.3 is 17.9 Å². The zero-order chi connectivity index (χ0) is 58.5. The van der Waals surface area contributed by atoms with E-state index in [0.29, 0.717) is 19.3 Å². The minimum atomic E-state index is -0.828. The lowest BCUT2D eigenvalue weighted by Crippen LogP contribution is -2.30. The van der Waals surface area contributed by atoms with Gasteiger partial charge in [0.1, 0.15) is 13.2 Å². The molecule has 6 heteroatoms. The van der Waals surface area contributed by atoms with Gasteiger partial charge in [0, 0.05) is 19.3 Å². The highest BCUT2D eigenvalue weighted by Gasteiger charge is 2.19. The molecule has 0 rings (SSSR count). The van der Waals surface area contributed by atoms with Crippen LogP contribution in [0.4, 0.5) is 0 Å². The standard InChI is InChI=1S/C75H116O6/c1-4-7-10-13-16-19-22-24-26-28-30-32-34-35-36-37-38-39-41-42-44-46-48-50-53-56-59-62-65-68-74(77)80-71-72(70-79-73(76)67-64-61-58-55-52-21-18-15-12-9-6-3)81-75(78)69-66-63-60-57-54-51-49-47-45-43-40-33-31-29-27-25-23-20-17-14-11-8-5-2/h7-8,10-11,15-20,24-27,30-33,35-36,38-39,42-45,49,51,57,60,72H,4-6,9,12-14,21-23,28-29,34,37,40-41,46-48,50,52-56,58-59,61-71H2,1-3H3/b10-7-,11-8-,18-15-,19-16-,20-17-,26-24-,27-25-,32-30-,33-31-,36-35-,39-38-,44-42-,45-43-,51-49-,60-57-. The fourth-order valence-electron chi connectivity index (χ4n) is 8.10. The third kappa shape index (κ3) is 65.2. The molecule has 452 valence electrons. The molecule has 0 saturated carbocycles. The summed E-state index contributed by atoms with van der Waals surface area (Å²) in [6, 6.07) is 0. The summed E-state index contributed by atoms with van der Waals surface area (Å²) in [6.07, 6.45) is 100. The monoisotopic (exact) mass is 1110 g/mol. The number of hydrogen-bond acceptors (Lipinski definition) is 6. The fourth-order valence-corrected chi connectivity index (χ4v) is 8.10. The maximum absolute atomic E-state index is 12.9. The molecule has 0 aromatic carbocycles. The van der Waals surface area contributed by atoms with Crippen molar-refractivity contribution in [2.45, 2.75) is 258 Å². The van der Waals surface area contributed by atoms with Crippen LogP contribution < -0.4 is 0 Å². The minimum absolute atomic E-state index is 0.118. The van der Waals surface area contributed by atoms with Crippen LogP contribution in [-0.4, -0.2) is 37.2 Å². The van der Waals surface area contributed by atoms with Crippen molar-refractivity contribution >= 4 is 17.9 Å². The van der Waals surface area contributed by atoms with E-state index in [-0.39, 0.29) is 37.5 Å². The first-order valence-electron chi connectivity index (χ1n) is 32.3. The van der Waals surface area contributed by atoms with Crippen LogP contribution in [0.3, 0.4) is 0 Å². The lowest BCUT2D eigenvalue weighted by atomic mass is 10.1. The Morgan fingerprint density at radius 3 is 0.802 bits per heavy atom. The predicted molar refractivity (Wildman–Crippen MR) is 352 cm³/mol. The number of unbranched alkanes of at least 4 members (excludes halogenated alkanes) is 15. The Morgan fingerprint density at radius 1 is 0.259 bits per heavy atom. The van der Waals surface area contributed by atoms with Gasteiger partial charge in [0.2, 0.25) is 0 Å². The van der Waals surface area contributed by atoms with Crippen LogP contribution in [0.5, 0.6) is 0 Å². The van der Waals surface area contributed by atoms with Gasteiger partial charge in [-0.1, -0.05) is 267 Å². The van der Waals surface area contributed by atoms with Crippen LogP contribution in [0, 0.1) is 0 Å². The molecule has 1 atom stereocenters. The van der Waals surface area contributed by atoms with E-state index in [1.165, 1.54) is 44.9 Å². The van der Waals surface area contributed by atoms with E-state index in [9.17, 15) is 14.4 Å². The van der Waals surface area contributed by atoms with Crippen molar-refractivity contribution in [3.8, 4) is 0 Å².